The van der Waals surface area contributed by atoms with Crippen molar-refractivity contribution in [3.8, 4) is 11.5 Å². The molecule has 1 fully saturated rings. The lowest BCUT2D eigenvalue weighted by atomic mass is 10.1. The summed E-state index contributed by atoms with van der Waals surface area (Å²) in [5.41, 5.74) is 1.53. The van der Waals surface area contributed by atoms with Crippen LogP contribution in [0.1, 0.15) is 30.0 Å². The van der Waals surface area contributed by atoms with Crippen molar-refractivity contribution in [2.75, 3.05) is 13.4 Å². The number of fused-ring (bicyclic) bond motifs is 1. The quantitative estimate of drug-likeness (QED) is 0.552. The first-order valence-electron chi connectivity index (χ1n) is 10.0. The summed E-state index contributed by atoms with van der Waals surface area (Å²) in [6.45, 7) is 0.0101. The van der Waals surface area contributed by atoms with Crippen LogP contribution in [0.25, 0.3) is 0 Å². The maximum atomic E-state index is 12.7. The third-order valence-electron chi connectivity index (χ3n) is 5.26. The second kappa shape index (κ2) is 9.05. The van der Waals surface area contributed by atoms with Crippen molar-refractivity contribution in [1.29, 1.82) is 0 Å². The highest BCUT2D eigenvalue weighted by atomic mass is 16.7. The minimum absolute atomic E-state index is 0.0396. The average Bonchev–Trinajstić information content (AvgIpc) is 3.36. The van der Waals surface area contributed by atoms with Gasteiger partial charge in [-0.2, -0.15) is 0 Å². The van der Waals surface area contributed by atoms with Crippen molar-refractivity contribution < 1.29 is 29.0 Å². The second-order valence-corrected chi connectivity index (χ2v) is 7.37. The molecule has 162 valence electrons. The number of carbonyl (C=O) groups excluding carboxylic acids is 3. The minimum Gasteiger partial charge on any atom is -0.454 e. The van der Waals surface area contributed by atoms with Crippen LogP contribution < -0.4 is 20.1 Å². The Balaban J connectivity index is 1.31. The van der Waals surface area contributed by atoms with Crippen molar-refractivity contribution in [3.63, 3.8) is 0 Å². The highest BCUT2D eigenvalue weighted by Gasteiger charge is 2.38. The van der Waals surface area contributed by atoms with E-state index < -0.39 is 18.1 Å². The van der Waals surface area contributed by atoms with Crippen LogP contribution in [0.15, 0.2) is 48.5 Å². The number of aliphatic hydroxyl groups is 1. The van der Waals surface area contributed by atoms with E-state index in [-0.39, 0.29) is 44.6 Å². The first kappa shape index (κ1) is 20.7. The van der Waals surface area contributed by atoms with Gasteiger partial charge in [-0.15, -0.1) is 0 Å². The maximum Gasteiger partial charge on any atom is 0.325 e. The van der Waals surface area contributed by atoms with Crippen LogP contribution in [-0.2, 0) is 16.1 Å². The van der Waals surface area contributed by atoms with E-state index in [4.69, 9.17) is 9.47 Å². The molecule has 1 saturated heterocycles. The van der Waals surface area contributed by atoms with Crippen LogP contribution in [0.2, 0.25) is 0 Å². The molecule has 0 unspecified atom stereocenters. The number of nitrogens with one attached hydrogen (secondary N) is 2. The van der Waals surface area contributed by atoms with Gasteiger partial charge in [-0.3, -0.25) is 14.5 Å². The Labute approximate surface area is 178 Å². The van der Waals surface area contributed by atoms with Gasteiger partial charge in [0.25, 0.3) is 5.91 Å². The zero-order valence-corrected chi connectivity index (χ0v) is 16.7. The molecular formula is C22H23N3O6. The zero-order chi connectivity index (χ0) is 21.8. The van der Waals surface area contributed by atoms with Crippen LogP contribution >= 0.6 is 0 Å². The smallest absolute Gasteiger partial charge is 0.325 e. The van der Waals surface area contributed by atoms with Crippen molar-refractivity contribution in [2.24, 2.45) is 0 Å². The van der Waals surface area contributed by atoms with Crippen LogP contribution in [0.3, 0.4) is 0 Å². The van der Waals surface area contributed by atoms with Crippen LogP contribution in [-0.4, -0.2) is 47.3 Å². The summed E-state index contributed by atoms with van der Waals surface area (Å²) in [5.74, 6) is 0.521. The average molecular weight is 425 g/mol. The zero-order valence-electron chi connectivity index (χ0n) is 16.7. The van der Waals surface area contributed by atoms with E-state index in [0.717, 1.165) is 16.0 Å². The third-order valence-corrected chi connectivity index (χ3v) is 5.26. The molecule has 2 heterocycles. The monoisotopic (exact) mass is 425 g/mol. The fourth-order valence-corrected chi connectivity index (χ4v) is 3.61. The molecular weight excluding hydrogens is 402 g/mol. The number of nitrogens with zero attached hydrogens (tertiary/aromatic N) is 1. The third kappa shape index (κ3) is 4.61. The summed E-state index contributed by atoms with van der Waals surface area (Å²) in [5, 5.41) is 15.0. The highest BCUT2D eigenvalue weighted by molar-refractivity contribution is 6.04. The molecule has 2 atom stereocenters. The van der Waals surface area contributed by atoms with Gasteiger partial charge in [0.05, 0.1) is 19.2 Å². The Morgan fingerprint density at radius 1 is 1.16 bits per heavy atom. The van der Waals surface area contributed by atoms with Crippen molar-refractivity contribution in [3.05, 3.63) is 59.7 Å². The summed E-state index contributed by atoms with van der Waals surface area (Å²) >= 11 is 0. The number of aliphatic hydroxyl groups excluding tert-OH is 1. The molecule has 9 nitrogen and oxygen atoms in total. The molecule has 3 N–H and O–H groups in total. The van der Waals surface area contributed by atoms with E-state index in [2.05, 4.69) is 10.6 Å². The maximum absolute atomic E-state index is 12.7. The number of urea groups is 1. The molecule has 2 aliphatic rings. The van der Waals surface area contributed by atoms with Crippen molar-refractivity contribution >= 4 is 17.8 Å². The topological polar surface area (TPSA) is 117 Å². The number of hydrogen-bond donors (Lipinski definition) is 3. The number of carbonyl (C=O) groups is 3. The number of benzene rings is 2. The Morgan fingerprint density at radius 2 is 1.94 bits per heavy atom. The van der Waals surface area contributed by atoms with Crippen LogP contribution in [0.5, 0.6) is 11.5 Å². The Bertz CT molecular complexity index is 980. The largest absolute Gasteiger partial charge is 0.454 e. The van der Waals surface area contributed by atoms with E-state index in [1.54, 1.807) is 18.2 Å². The van der Waals surface area contributed by atoms with Crippen molar-refractivity contribution in [2.45, 2.75) is 31.5 Å². The minimum atomic E-state index is -0.767. The molecule has 31 heavy (non-hydrogen) atoms. The summed E-state index contributed by atoms with van der Waals surface area (Å²) in [4.78, 5) is 38.4. The predicted octanol–water partition coefficient (Wildman–Crippen LogP) is 1.47. The van der Waals surface area contributed by atoms with Crippen molar-refractivity contribution in [1.82, 2.24) is 15.5 Å². The normalized spacial score (nSPS) is 18.1. The Hall–Kier alpha value is -3.59. The number of ether oxygens (including phenoxy) is 2. The molecule has 9 heteroatoms. The molecule has 0 saturated carbocycles. The van der Waals surface area contributed by atoms with Gasteiger partial charge in [-0.05, 0) is 29.7 Å². The van der Waals surface area contributed by atoms with E-state index in [9.17, 15) is 19.5 Å². The molecule has 4 amide bonds. The van der Waals surface area contributed by atoms with Gasteiger partial charge in [0.1, 0.15) is 6.04 Å². The summed E-state index contributed by atoms with van der Waals surface area (Å²) < 4.78 is 10.6. The van der Waals surface area contributed by atoms with E-state index in [0.29, 0.717) is 11.5 Å². The fraction of sp³-hybridized carbons (Fsp3) is 0.318. The van der Waals surface area contributed by atoms with Crippen LogP contribution in [0, 0.1) is 0 Å². The van der Waals surface area contributed by atoms with Gasteiger partial charge in [0.15, 0.2) is 11.5 Å². The lowest BCUT2D eigenvalue weighted by Gasteiger charge is -2.17. The number of rotatable bonds is 8. The molecule has 2 aromatic carbocycles. The van der Waals surface area contributed by atoms with Gasteiger partial charge in [0, 0.05) is 6.42 Å². The Kier molecular flexibility index (Phi) is 6.03. The first-order chi connectivity index (χ1) is 15.0. The number of amides is 4. The van der Waals surface area contributed by atoms with Gasteiger partial charge in [-0.1, -0.05) is 36.4 Å². The lowest BCUT2D eigenvalue weighted by Crippen LogP contribution is -2.34. The van der Waals surface area contributed by atoms with Crippen LogP contribution in [0.4, 0.5) is 4.79 Å². The highest BCUT2D eigenvalue weighted by Crippen LogP contribution is 2.33. The van der Waals surface area contributed by atoms with Gasteiger partial charge in [0.2, 0.25) is 12.7 Å². The summed E-state index contributed by atoms with van der Waals surface area (Å²) in [6.07, 6.45) is 0.207. The summed E-state index contributed by atoms with van der Waals surface area (Å²) in [7, 11) is 0. The fourth-order valence-electron chi connectivity index (χ4n) is 3.61. The number of hydrogen-bond acceptors (Lipinski definition) is 6. The van der Waals surface area contributed by atoms with E-state index in [1.807, 2.05) is 30.3 Å². The standard InChI is InChI=1S/C22H23N3O6/c26-12-17(15-4-2-1-3-5-15)23-20(27)9-7-16-21(28)25(22(29)24-16)11-14-6-8-18-19(10-14)31-13-30-18/h1-6,8,10,16-17,26H,7,9,11-13H2,(H,23,27)(H,24,29)/t16-,17-/m1/s1. The first-order valence-corrected chi connectivity index (χ1v) is 10.0. The number of imide groups is 1. The SMILES string of the molecule is O=C(CC[C@H]1NC(=O)N(Cc2ccc3c(c2)OCO3)C1=O)N[C@H](CO)c1ccccc1. The molecule has 0 aromatic heterocycles. The molecule has 4 rings (SSSR count). The van der Waals surface area contributed by atoms with E-state index >= 15 is 0 Å². The molecule has 0 spiro atoms. The summed E-state index contributed by atoms with van der Waals surface area (Å²) in [6, 6.07) is 12.6. The molecule has 0 aliphatic carbocycles. The van der Waals surface area contributed by atoms with Gasteiger partial charge >= 0.3 is 6.03 Å². The Morgan fingerprint density at radius 3 is 2.71 bits per heavy atom. The van der Waals surface area contributed by atoms with E-state index in [1.165, 1.54) is 0 Å². The molecule has 2 aromatic rings. The molecule has 2 aliphatic heterocycles. The lowest BCUT2D eigenvalue weighted by molar-refractivity contribution is -0.128. The van der Waals surface area contributed by atoms with Gasteiger partial charge < -0.3 is 25.2 Å². The predicted molar refractivity (Wildman–Crippen MR) is 109 cm³/mol. The molecule has 0 radical (unpaired) electrons. The molecule has 0 bridgehead atoms. The second-order valence-electron chi connectivity index (χ2n) is 7.37. The van der Waals surface area contributed by atoms with Gasteiger partial charge in [-0.25, -0.2) is 4.79 Å².